The van der Waals surface area contributed by atoms with Crippen molar-refractivity contribution >= 4 is 22.6 Å². The van der Waals surface area contributed by atoms with Gasteiger partial charge < -0.3 is 10.3 Å². The average molecular weight is 323 g/mol. The van der Waals surface area contributed by atoms with Crippen molar-refractivity contribution in [2.75, 3.05) is 5.32 Å². The zero-order valence-corrected chi connectivity index (χ0v) is 13.4. The van der Waals surface area contributed by atoms with Crippen molar-refractivity contribution in [1.29, 1.82) is 0 Å². The summed E-state index contributed by atoms with van der Waals surface area (Å²) < 4.78 is 13.6. The summed E-state index contributed by atoms with van der Waals surface area (Å²) in [6.45, 7) is 1.67. The minimum absolute atomic E-state index is 0.304. The number of hydrogen-bond donors (Lipinski definition) is 2. The highest BCUT2D eigenvalue weighted by atomic mass is 19.1. The molecule has 0 bridgehead atoms. The lowest BCUT2D eigenvalue weighted by Gasteiger charge is -2.22. The monoisotopic (exact) mass is 323 g/mol. The van der Waals surface area contributed by atoms with Crippen LogP contribution in [0.1, 0.15) is 46.9 Å². The summed E-state index contributed by atoms with van der Waals surface area (Å²) in [6.07, 6.45) is 3.63. The fourth-order valence-corrected chi connectivity index (χ4v) is 2.92. The molecule has 2 aromatic carbocycles. The number of aryl methyl sites for hydroxylation is 1. The number of aromatic amines is 1. The molecule has 122 valence electrons. The highest BCUT2D eigenvalue weighted by molar-refractivity contribution is 6.05. The van der Waals surface area contributed by atoms with Gasteiger partial charge in [0, 0.05) is 17.2 Å². The molecule has 1 fully saturated rings. The average Bonchev–Trinajstić information content (AvgIpc) is 2.90. The van der Waals surface area contributed by atoms with Gasteiger partial charge in [0.15, 0.2) is 0 Å². The van der Waals surface area contributed by atoms with Crippen LogP contribution in [0.2, 0.25) is 0 Å². The molecule has 0 atom stereocenters. The SMILES string of the molecule is Cc1ccc(C(=O)Nc2ccc3nc(C4CCC4)[nH]c3c2)cc1F. The van der Waals surface area contributed by atoms with Crippen LogP contribution in [-0.4, -0.2) is 15.9 Å². The number of imidazole rings is 1. The molecule has 0 saturated heterocycles. The van der Waals surface area contributed by atoms with Crippen molar-refractivity contribution < 1.29 is 9.18 Å². The number of hydrogen-bond acceptors (Lipinski definition) is 2. The van der Waals surface area contributed by atoms with E-state index in [0.29, 0.717) is 22.7 Å². The molecular weight excluding hydrogens is 305 g/mol. The first-order chi connectivity index (χ1) is 11.6. The Morgan fingerprint density at radius 2 is 2.08 bits per heavy atom. The molecular formula is C19H18FN3O. The number of nitrogens with zero attached hydrogens (tertiary/aromatic N) is 1. The van der Waals surface area contributed by atoms with Gasteiger partial charge in [-0.1, -0.05) is 12.5 Å². The maximum Gasteiger partial charge on any atom is 0.255 e. The highest BCUT2D eigenvalue weighted by Crippen LogP contribution is 2.35. The third kappa shape index (κ3) is 2.66. The number of carbonyl (C=O) groups is 1. The molecule has 4 rings (SSSR count). The van der Waals surface area contributed by atoms with Gasteiger partial charge in [0.2, 0.25) is 0 Å². The van der Waals surface area contributed by atoms with Crippen LogP contribution in [0.3, 0.4) is 0 Å². The number of rotatable bonds is 3. The first-order valence-electron chi connectivity index (χ1n) is 8.17. The molecule has 0 spiro atoms. The minimum Gasteiger partial charge on any atom is -0.342 e. The Kier molecular flexibility index (Phi) is 3.56. The number of H-pyrrole nitrogens is 1. The van der Waals surface area contributed by atoms with Crippen LogP contribution in [0.5, 0.6) is 0 Å². The smallest absolute Gasteiger partial charge is 0.255 e. The molecule has 0 aliphatic heterocycles. The van der Waals surface area contributed by atoms with E-state index in [1.54, 1.807) is 19.1 Å². The number of benzene rings is 2. The van der Waals surface area contributed by atoms with Crippen LogP contribution in [0, 0.1) is 12.7 Å². The van der Waals surface area contributed by atoms with Crippen molar-refractivity contribution in [1.82, 2.24) is 9.97 Å². The molecule has 1 aliphatic rings. The van der Waals surface area contributed by atoms with E-state index >= 15 is 0 Å². The molecule has 4 nitrogen and oxygen atoms in total. The lowest BCUT2D eigenvalue weighted by Crippen LogP contribution is -2.12. The molecule has 1 heterocycles. The van der Waals surface area contributed by atoms with E-state index in [4.69, 9.17) is 0 Å². The second-order valence-corrected chi connectivity index (χ2v) is 6.40. The Balaban J connectivity index is 1.57. The number of nitrogens with one attached hydrogen (secondary N) is 2. The van der Waals surface area contributed by atoms with E-state index in [-0.39, 0.29) is 11.7 Å². The van der Waals surface area contributed by atoms with Gasteiger partial charge in [0.05, 0.1) is 11.0 Å². The summed E-state index contributed by atoms with van der Waals surface area (Å²) >= 11 is 0. The van der Waals surface area contributed by atoms with Crippen LogP contribution < -0.4 is 5.32 Å². The predicted octanol–water partition coefficient (Wildman–Crippen LogP) is 4.53. The van der Waals surface area contributed by atoms with Crippen LogP contribution in [-0.2, 0) is 0 Å². The van der Waals surface area contributed by atoms with Crippen LogP contribution >= 0.6 is 0 Å². The molecule has 0 unspecified atom stereocenters. The number of aromatic nitrogens is 2. The molecule has 1 aliphatic carbocycles. The summed E-state index contributed by atoms with van der Waals surface area (Å²) in [6, 6.07) is 10.1. The van der Waals surface area contributed by atoms with Crippen molar-refractivity contribution in [2.45, 2.75) is 32.1 Å². The Morgan fingerprint density at radius 1 is 1.25 bits per heavy atom. The largest absolute Gasteiger partial charge is 0.342 e. The molecule has 1 aromatic heterocycles. The van der Waals surface area contributed by atoms with Gasteiger partial charge >= 0.3 is 0 Å². The van der Waals surface area contributed by atoms with E-state index in [2.05, 4.69) is 15.3 Å². The number of anilines is 1. The Morgan fingerprint density at radius 3 is 2.79 bits per heavy atom. The van der Waals surface area contributed by atoms with Crippen molar-refractivity contribution in [3.05, 3.63) is 59.2 Å². The standard InChI is InChI=1S/C19H18FN3O/c1-11-5-6-13(9-15(11)20)19(24)21-14-7-8-16-17(10-14)23-18(22-16)12-3-2-4-12/h5-10,12H,2-4H2,1H3,(H,21,24)(H,22,23). The first-order valence-corrected chi connectivity index (χ1v) is 8.17. The van der Waals surface area contributed by atoms with Crippen LogP contribution in [0.25, 0.3) is 11.0 Å². The summed E-state index contributed by atoms with van der Waals surface area (Å²) in [5, 5.41) is 2.81. The van der Waals surface area contributed by atoms with E-state index in [1.165, 1.54) is 25.3 Å². The minimum atomic E-state index is -0.378. The molecule has 3 aromatic rings. The van der Waals surface area contributed by atoms with Gasteiger partial charge in [0.25, 0.3) is 5.91 Å². The zero-order valence-electron chi connectivity index (χ0n) is 13.4. The predicted molar refractivity (Wildman–Crippen MR) is 91.8 cm³/mol. The fraction of sp³-hybridized carbons (Fsp3) is 0.263. The third-order valence-corrected chi connectivity index (χ3v) is 4.68. The fourth-order valence-electron chi connectivity index (χ4n) is 2.92. The molecule has 5 heteroatoms. The van der Waals surface area contributed by atoms with Crippen LogP contribution in [0.15, 0.2) is 36.4 Å². The van der Waals surface area contributed by atoms with E-state index in [1.807, 2.05) is 18.2 Å². The molecule has 1 amide bonds. The van der Waals surface area contributed by atoms with Crippen molar-refractivity contribution in [2.24, 2.45) is 0 Å². The molecule has 1 saturated carbocycles. The van der Waals surface area contributed by atoms with Gasteiger partial charge in [-0.05, 0) is 55.7 Å². The Hall–Kier alpha value is -2.69. The Bertz CT molecular complexity index is 928. The Labute approximate surface area is 139 Å². The van der Waals surface area contributed by atoms with Gasteiger partial charge in [-0.2, -0.15) is 0 Å². The van der Waals surface area contributed by atoms with E-state index in [0.717, 1.165) is 16.9 Å². The van der Waals surface area contributed by atoms with Crippen LogP contribution in [0.4, 0.5) is 10.1 Å². The van der Waals surface area contributed by atoms with E-state index < -0.39 is 0 Å². The number of fused-ring (bicyclic) bond motifs is 1. The summed E-state index contributed by atoms with van der Waals surface area (Å²) in [4.78, 5) is 20.2. The zero-order chi connectivity index (χ0) is 16.7. The first kappa shape index (κ1) is 14.9. The molecule has 24 heavy (non-hydrogen) atoms. The normalized spacial score (nSPS) is 14.6. The number of halogens is 1. The summed E-state index contributed by atoms with van der Waals surface area (Å²) in [5.41, 5.74) is 3.30. The van der Waals surface area contributed by atoms with Crippen molar-refractivity contribution in [3.8, 4) is 0 Å². The summed E-state index contributed by atoms with van der Waals surface area (Å²) in [7, 11) is 0. The molecule has 0 radical (unpaired) electrons. The van der Waals surface area contributed by atoms with Gasteiger partial charge in [0.1, 0.15) is 11.6 Å². The topological polar surface area (TPSA) is 57.8 Å². The highest BCUT2D eigenvalue weighted by Gasteiger charge is 2.22. The second-order valence-electron chi connectivity index (χ2n) is 6.40. The maximum absolute atomic E-state index is 13.6. The quantitative estimate of drug-likeness (QED) is 0.744. The second kappa shape index (κ2) is 5.74. The van der Waals surface area contributed by atoms with E-state index in [9.17, 15) is 9.18 Å². The number of carbonyl (C=O) groups excluding carboxylic acids is 1. The number of amides is 1. The van der Waals surface area contributed by atoms with Gasteiger partial charge in [-0.3, -0.25) is 4.79 Å². The van der Waals surface area contributed by atoms with Gasteiger partial charge in [-0.25, -0.2) is 9.37 Å². The van der Waals surface area contributed by atoms with Crippen molar-refractivity contribution in [3.63, 3.8) is 0 Å². The maximum atomic E-state index is 13.6. The van der Waals surface area contributed by atoms with Gasteiger partial charge in [-0.15, -0.1) is 0 Å². The lowest BCUT2D eigenvalue weighted by atomic mass is 9.85. The summed E-state index contributed by atoms with van der Waals surface area (Å²) in [5.74, 6) is 0.857. The lowest BCUT2D eigenvalue weighted by molar-refractivity contribution is 0.102. The molecule has 2 N–H and O–H groups in total. The third-order valence-electron chi connectivity index (χ3n) is 4.68.